The van der Waals surface area contributed by atoms with E-state index in [4.69, 9.17) is 0 Å². The molecule has 0 aliphatic heterocycles. The number of nitro groups is 2. The molecular formula is C27H20N4O6S2. The molecule has 1 aromatic heterocycles. The van der Waals surface area contributed by atoms with Gasteiger partial charge in [-0.2, -0.15) is 0 Å². The van der Waals surface area contributed by atoms with E-state index in [-0.39, 0.29) is 22.8 Å². The minimum Gasteiger partial charge on any atom is -0.322 e. The van der Waals surface area contributed by atoms with Crippen LogP contribution in [0.2, 0.25) is 0 Å². The summed E-state index contributed by atoms with van der Waals surface area (Å²) < 4.78 is 1.87. The van der Waals surface area contributed by atoms with Crippen LogP contribution < -0.4 is 10.9 Å². The number of para-hydroxylation sites is 2. The Morgan fingerprint density at radius 2 is 1.41 bits per heavy atom. The highest BCUT2D eigenvalue weighted by atomic mass is 32.2. The van der Waals surface area contributed by atoms with Gasteiger partial charge in [0.05, 0.1) is 31.4 Å². The Balaban J connectivity index is 0.000000181. The normalized spacial score (nSPS) is 10.4. The Bertz CT molecular complexity index is 1720. The number of benzene rings is 4. The van der Waals surface area contributed by atoms with Crippen LogP contribution in [0.15, 0.2) is 107 Å². The van der Waals surface area contributed by atoms with Crippen LogP contribution >= 0.6 is 23.3 Å². The average molecular weight is 561 g/mol. The summed E-state index contributed by atoms with van der Waals surface area (Å²) in [5.74, 6) is -0.357. The minimum absolute atomic E-state index is 0.0331. The third-order valence-electron chi connectivity index (χ3n) is 5.45. The van der Waals surface area contributed by atoms with Crippen molar-refractivity contribution in [1.29, 1.82) is 0 Å². The zero-order chi connectivity index (χ0) is 27.9. The number of carbonyl (C=O) groups excluding carboxylic acids is 1. The quantitative estimate of drug-likeness (QED) is 0.142. The van der Waals surface area contributed by atoms with Crippen LogP contribution in [0.1, 0.15) is 10.4 Å². The van der Waals surface area contributed by atoms with E-state index in [2.05, 4.69) is 5.32 Å². The molecule has 1 heterocycles. The molecule has 0 atom stereocenters. The van der Waals surface area contributed by atoms with Crippen molar-refractivity contribution in [1.82, 2.24) is 3.96 Å². The number of rotatable bonds is 6. The lowest BCUT2D eigenvalue weighted by atomic mass is 10.2. The van der Waals surface area contributed by atoms with E-state index in [9.17, 15) is 29.8 Å². The van der Waals surface area contributed by atoms with E-state index < -0.39 is 9.85 Å². The number of non-ortho nitro benzene ring substituents is 1. The Morgan fingerprint density at radius 1 is 0.821 bits per heavy atom. The summed E-state index contributed by atoms with van der Waals surface area (Å²) in [5, 5.41) is 25.0. The molecule has 0 aliphatic rings. The van der Waals surface area contributed by atoms with Gasteiger partial charge in [-0.25, -0.2) is 3.96 Å². The highest BCUT2D eigenvalue weighted by Gasteiger charge is 2.21. The van der Waals surface area contributed by atoms with Crippen molar-refractivity contribution in [3.8, 4) is 5.69 Å². The number of anilines is 1. The van der Waals surface area contributed by atoms with Crippen molar-refractivity contribution in [2.75, 3.05) is 11.6 Å². The van der Waals surface area contributed by atoms with E-state index in [1.54, 1.807) is 54.8 Å². The van der Waals surface area contributed by atoms with Gasteiger partial charge in [0.1, 0.15) is 4.70 Å². The number of hydrogen-bond donors (Lipinski definition) is 1. The minimum atomic E-state index is -0.481. The molecule has 10 nitrogen and oxygen atoms in total. The molecule has 4 aromatic carbocycles. The van der Waals surface area contributed by atoms with Gasteiger partial charge in [0.25, 0.3) is 22.8 Å². The highest BCUT2D eigenvalue weighted by molar-refractivity contribution is 7.98. The summed E-state index contributed by atoms with van der Waals surface area (Å²) in [6, 6.07) is 27.1. The fourth-order valence-corrected chi connectivity index (χ4v) is 5.50. The molecule has 196 valence electrons. The molecular weight excluding hydrogens is 540 g/mol. The average Bonchev–Trinajstić information content (AvgIpc) is 3.30. The van der Waals surface area contributed by atoms with Crippen molar-refractivity contribution in [2.24, 2.45) is 0 Å². The van der Waals surface area contributed by atoms with Crippen LogP contribution in [0.3, 0.4) is 0 Å². The molecule has 39 heavy (non-hydrogen) atoms. The molecule has 5 aromatic rings. The lowest BCUT2D eigenvalue weighted by Crippen LogP contribution is -2.13. The standard InChI is InChI=1S/C14H12N2O3S.C13H8N2O3S/c1-20-13-11(8-5-9-12(13)16(18)19)14(17)15-10-6-3-2-4-7-10;16-13-10-7-4-8-11(15(17)18)12(10)19-14(13)9-5-2-1-3-6-9/h2-9H,1H3,(H,15,17);1-8H. The van der Waals surface area contributed by atoms with Crippen molar-refractivity contribution in [3.05, 3.63) is 133 Å². The van der Waals surface area contributed by atoms with Crippen LogP contribution in [0.4, 0.5) is 17.1 Å². The molecule has 0 bridgehead atoms. The highest BCUT2D eigenvalue weighted by Crippen LogP contribution is 2.31. The second-order valence-electron chi connectivity index (χ2n) is 7.87. The maximum atomic E-state index is 12.3. The molecule has 1 amide bonds. The smallest absolute Gasteiger partial charge is 0.288 e. The lowest BCUT2D eigenvalue weighted by molar-refractivity contribution is -0.387. The molecule has 0 unspecified atom stereocenters. The number of aromatic nitrogens is 1. The van der Waals surface area contributed by atoms with E-state index in [0.29, 0.717) is 31.9 Å². The Hall–Kier alpha value is -4.81. The van der Waals surface area contributed by atoms with Gasteiger partial charge >= 0.3 is 0 Å². The maximum Gasteiger partial charge on any atom is 0.288 e. The van der Waals surface area contributed by atoms with Gasteiger partial charge in [-0.3, -0.25) is 29.8 Å². The zero-order valence-corrected chi connectivity index (χ0v) is 22.0. The van der Waals surface area contributed by atoms with Crippen molar-refractivity contribution < 1.29 is 14.6 Å². The van der Waals surface area contributed by atoms with Crippen LogP contribution in [0.25, 0.3) is 15.8 Å². The van der Waals surface area contributed by atoms with Crippen LogP contribution in [-0.4, -0.2) is 26.0 Å². The first-order valence-corrected chi connectivity index (χ1v) is 13.3. The summed E-state index contributed by atoms with van der Waals surface area (Å²) in [7, 11) is 0. The second-order valence-corrected chi connectivity index (χ2v) is 9.64. The molecule has 0 fully saturated rings. The Labute approximate surface area is 230 Å². The maximum absolute atomic E-state index is 12.3. The fourth-order valence-electron chi connectivity index (χ4n) is 3.69. The van der Waals surface area contributed by atoms with E-state index in [1.807, 2.05) is 24.3 Å². The largest absolute Gasteiger partial charge is 0.322 e. The SMILES string of the molecule is CSc1c(C(=O)Nc2ccccc2)cccc1[N+](=O)[O-].O=c1c2cccc([N+](=O)[O-])c2sn1-c1ccccc1. The number of fused-ring (bicyclic) bond motifs is 1. The summed E-state index contributed by atoms with van der Waals surface area (Å²) in [6.45, 7) is 0. The summed E-state index contributed by atoms with van der Waals surface area (Å²) in [6.07, 6.45) is 1.71. The van der Waals surface area contributed by atoms with Crippen LogP contribution in [0.5, 0.6) is 0 Å². The molecule has 5 rings (SSSR count). The number of carbonyl (C=O) groups is 1. The Kier molecular flexibility index (Phi) is 8.49. The number of nitro benzene ring substituents is 2. The third kappa shape index (κ3) is 6.03. The molecule has 0 aliphatic carbocycles. The van der Waals surface area contributed by atoms with Crippen molar-refractivity contribution in [3.63, 3.8) is 0 Å². The zero-order valence-electron chi connectivity index (χ0n) is 20.3. The van der Waals surface area contributed by atoms with Gasteiger partial charge in [0.2, 0.25) is 0 Å². The lowest BCUT2D eigenvalue weighted by Gasteiger charge is -2.08. The predicted octanol–water partition coefficient (Wildman–Crippen LogP) is 6.53. The third-order valence-corrected chi connectivity index (χ3v) is 7.46. The van der Waals surface area contributed by atoms with Crippen LogP contribution in [-0.2, 0) is 0 Å². The molecule has 0 saturated carbocycles. The monoisotopic (exact) mass is 560 g/mol. The predicted molar refractivity (Wildman–Crippen MR) is 153 cm³/mol. The first kappa shape index (κ1) is 27.2. The van der Waals surface area contributed by atoms with E-state index in [0.717, 1.165) is 11.5 Å². The van der Waals surface area contributed by atoms with Gasteiger partial charge in [0.15, 0.2) is 0 Å². The van der Waals surface area contributed by atoms with E-state index in [1.165, 1.54) is 40.0 Å². The second kappa shape index (κ2) is 12.2. The van der Waals surface area contributed by atoms with Gasteiger partial charge < -0.3 is 5.32 Å². The van der Waals surface area contributed by atoms with Gasteiger partial charge in [-0.15, -0.1) is 11.8 Å². The summed E-state index contributed by atoms with van der Waals surface area (Å²) in [5.41, 5.74) is 1.34. The van der Waals surface area contributed by atoms with Crippen molar-refractivity contribution in [2.45, 2.75) is 4.90 Å². The first-order chi connectivity index (χ1) is 18.8. The number of nitrogens with zero attached hydrogens (tertiary/aromatic N) is 3. The number of hydrogen-bond acceptors (Lipinski definition) is 8. The summed E-state index contributed by atoms with van der Waals surface area (Å²) in [4.78, 5) is 45.8. The molecule has 0 spiro atoms. The number of nitrogens with one attached hydrogen (secondary N) is 1. The van der Waals surface area contributed by atoms with Gasteiger partial charge in [-0.05, 0) is 54.2 Å². The molecule has 12 heteroatoms. The summed E-state index contributed by atoms with van der Waals surface area (Å²) >= 11 is 2.28. The van der Waals surface area contributed by atoms with E-state index >= 15 is 0 Å². The Morgan fingerprint density at radius 3 is 2.03 bits per heavy atom. The number of amides is 1. The topological polar surface area (TPSA) is 137 Å². The van der Waals surface area contributed by atoms with Crippen LogP contribution in [0, 0.1) is 20.2 Å². The van der Waals surface area contributed by atoms with Gasteiger partial charge in [-0.1, -0.05) is 48.5 Å². The van der Waals surface area contributed by atoms with Crippen molar-refractivity contribution >= 4 is 56.3 Å². The first-order valence-electron chi connectivity index (χ1n) is 11.3. The van der Waals surface area contributed by atoms with Gasteiger partial charge in [0, 0.05) is 17.8 Å². The molecule has 1 N–H and O–H groups in total. The number of thioether (sulfide) groups is 1. The fraction of sp³-hybridized carbons (Fsp3) is 0.0370. The molecule has 0 radical (unpaired) electrons. The molecule has 0 saturated heterocycles.